The first-order chi connectivity index (χ1) is 19.2. The molecule has 0 aliphatic rings. The minimum atomic E-state index is -1.33. The summed E-state index contributed by atoms with van der Waals surface area (Å²) in [5.41, 5.74) is 0. The van der Waals surface area contributed by atoms with E-state index in [1.807, 2.05) is 20.8 Å². The van der Waals surface area contributed by atoms with Crippen molar-refractivity contribution in [2.75, 3.05) is 6.54 Å². The lowest BCUT2D eigenvalue weighted by Crippen LogP contribution is -2.74. The molecule has 0 saturated heterocycles. The van der Waals surface area contributed by atoms with Crippen molar-refractivity contribution in [1.82, 2.24) is 0 Å². The van der Waals surface area contributed by atoms with Crippen molar-refractivity contribution in [2.45, 2.75) is 174 Å². The standard InChI is InChI=1S/C33H61NO6/c1-5-9-10-11-12-13-14-15-16-17-18-19-20-21-22-23-27-34(28(24-6-2)31(35)36,29(25-7-3)32(37)38)30(26-8-4)33(39)40/h11-12,28-30H,5-10,13-27H2,1-4H3,(H2-,35,36,37,38,39,40)/b12-11+. The zero-order chi connectivity index (χ0) is 30.2. The lowest BCUT2D eigenvalue weighted by atomic mass is 9.91. The largest absolute Gasteiger partial charge is 0.544 e. The third-order valence-electron chi connectivity index (χ3n) is 8.33. The van der Waals surface area contributed by atoms with Gasteiger partial charge in [0.1, 0.15) is 6.04 Å². The molecule has 0 fully saturated rings. The summed E-state index contributed by atoms with van der Waals surface area (Å²) in [6.45, 7) is 8.02. The van der Waals surface area contributed by atoms with Gasteiger partial charge in [0, 0.05) is 19.3 Å². The Bertz CT molecular complexity index is 647. The highest BCUT2D eigenvalue weighted by Crippen LogP contribution is 2.34. The number of rotatable bonds is 28. The van der Waals surface area contributed by atoms with Gasteiger partial charge in [-0.25, -0.2) is 9.59 Å². The molecule has 7 heteroatoms. The van der Waals surface area contributed by atoms with Crippen molar-refractivity contribution in [3.05, 3.63) is 12.2 Å². The molecular formula is C33H61NO6. The normalized spacial score (nSPS) is 15.5. The lowest BCUT2D eigenvalue weighted by molar-refractivity contribution is -0.975. The molecule has 3 unspecified atom stereocenters. The van der Waals surface area contributed by atoms with Gasteiger partial charge in [-0.2, -0.15) is 0 Å². The molecule has 0 aromatic heterocycles. The third kappa shape index (κ3) is 14.1. The van der Waals surface area contributed by atoms with Crippen LogP contribution in [0.5, 0.6) is 0 Å². The number of carboxylic acid groups (broad SMARTS) is 3. The van der Waals surface area contributed by atoms with E-state index < -0.39 is 40.5 Å². The Morgan fingerprint density at radius 1 is 0.575 bits per heavy atom. The second kappa shape index (κ2) is 23.8. The number of hydrogen-bond donors (Lipinski definition) is 2. The van der Waals surface area contributed by atoms with E-state index in [0.29, 0.717) is 25.7 Å². The highest BCUT2D eigenvalue weighted by atomic mass is 16.4. The van der Waals surface area contributed by atoms with Gasteiger partial charge in [0.25, 0.3) is 0 Å². The van der Waals surface area contributed by atoms with E-state index in [0.717, 1.165) is 25.7 Å². The van der Waals surface area contributed by atoms with Crippen LogP contribution in [0.15, 0.2) is 12.2 Å². The van der Waals surface area contributed by atoms with Gasteiger partial charge in [0.15, 0.2) is 12.1 Å². The summed E-state index contributed by atoms with van der Waals surface area (Å²) >= 11 is 0. The van der Waals surface area contributed by atoms with Crippen LogP contribution < -0.4 is 5.11 Å². The molecule has 0 rings (SSSR count). The van der Waals surface area contributed by atoms with Crippen molar-refractivity contribution >= 4 is 17.9 Å². The van der Waals surface area contributed by atoms with E-state index in [4.69, 9.17) is 0 Å². The molecule has 0 spiro atoms. The summed E-state index contributed by atoms with van der Waals surface area (Å²) in [4.78, 5) is 37.5. The van der Waals surface area contributed by atoms with Crippen molar-refractivity contribution in [1.29, 1.82) is 0 Å². The topological polar surface area (TPSA) is 115 Å². The fourth-order valence-corrected chi connectivity index (χ4v) is 6.25. The predicted molar refractivity (Wildman–Crippen MR) is 161 cm³/mol. The molecule has 0 heterocycles. The molecular weight excluding hydrogens is 506 g/mol. The van der Waals surface area contributed by atoms with Crippen LogP contribution in [0, 0.1) is 0 Å². The van der Waals surface area contributed by atoms with Crippen molar-refractivity contribution in [3.63, 3.8) is 0 Å². The maximum absolute atomic E-state index is 12.5. The lowest BCUT2D eigenvalue weighted by Gasteiger charge is -2.52. The number of nitrogens with zero attached hydrogens (tertiary/aromatic N) is 1. The van der Waals surface area contributed by atoms with E-state index in [1.54, 1.807) is 0 Å². The van der Waals surface area contributed by atoms with Crippen LogP contribution in [0.4, 0.5) is 0 Å². The van der Waals surface area contributed by atoms with Crippen LogP contribution in [0.3, 0.4) is 0 Å². The molecule has 3 atom stereocenters. The SMILES string of the molecule is CCCC/C=C/CCCCCCCCCCCC[N+](C(CCC)C(=O)[O-])(C(CCC)C(=O)O)C(CCC)C(=O)O. The molecule has 2 N–H and O–H groups in total. The first-order valence-electron chi connectivity index (χ1n) is 16.4. The second-order valence-corrected chi connectivity index (χ2v) is 11.6. The highest BCUT2D eigenvalue weighted by Gasteiger charge is 2.54. The minimum absolute atomic E-state index is 0.207. The van der Waals surface area contributed by atoms with Gasteiger partial charge in [0.2, 0.25) is 0 Å². The summed E-state index contributed by atoms with van der Waals surface area (Å²) in [6, 6.07) is -3.32. The number of carbonyl (C=O) groups is 3. The number of allylic oxidation sites excluding steroid dienone is 2. The Labute approximate surface area is 245 Å². The number of carbonyl (C=O) groups excluding carboxylic acids is 1. The van der Waals surface area contributed by atoms with Gasteiger partial charge in [-0.1, -0.05) is 104 Å². The Morgan fingerprint density at radius 3 is 1.32 bits per heavy atom. The molecule has 7 nitrogen and oxygen atoms in total. The first kappa shape index (κ1) is 38.1. The Hall–Kier alpha value is -1.89. The minimum Gasteiger partial charge on any atom is -0.544 e. The number of aliphatic carboxylic acids is 3. The van der Waals surface area contributed by atoms with E-state index in [1.165, 1.54) is 57.8 Å². The van der Waals surface area contributed by atoms with E-state index >= 15 is 0 Å². The van der Waals surface area contributed by atoms with Crippen LogP contribution in [0.25, 0.3) is 0 Å². The van der Waals surface area contributed by atoms with Crippen LogP contribution in [0.2, 0.25) is 0 Å². The number of hydrogen-bond acceptors (Lipinski definition) is 4. The Kier molecular flexibility index (Phi) is 22.7. The summed E-state index contributed by atoms with van der Waals surface area (Å²) in [5, 5.41) is 32.9. The van der Waals surface area contributed by atoms with Crippen LogP contribution in [-0.4, -0.2) is 57.3 Å². The van der Waals surface area contributed by atoms with Crippen molar-refractivity contribution < 1.29 is 34.2 Å². The molecule has 0 aliphatic heterocycles. The third-order valence-corrected chi connectivity index (χ3v) is 8.33. The Morgan fingerprint density at radius 2 is 0.950 bits per heavy atom. The number of quaternary nitrogens is 1. The van der Waals surface area contributed by atoms with Gasteiger partial charge >= 0.3 is 11.9 Å². The van der Waals surface area contributed by atoms with Crippen molar-refractivity contribution in [2.24, 2.45) is 0 Å². The average Bonchev–Trinajstić information content (AvgIpc) is 2.91. The molecule has 0 radical (unpaired) electrons. The highest BCUT2D eigenvalue weighted by molar-refractivity contribution is 5.77. The molecule has 0 aromatic carbocycles. The number of carboxylic acids is 3. The zero-order valence-electron chi connectivity index (χ0n) is 26.2. The van der Waals surface area contributed by atoms with E-state index in [9.17, 15) is 29.7 Å². The van der Waals surface area contributed by atoms with Gasteiger partial charge in [0.05, 0.1) is 12.5 Å². The smallest absolute Gasteiger partial charge is 0.362 e. The van der Waals surface area contributed by atoms with Gasteiger partial charge in [-0.3, -0.25) is 4.48 Å². The fourth-order valence-electron chi connectivity index (χ4n) is 6.25. The van der Waals surface area contributed by atoms with Gasteiger partial charge < -0.3 is 20.1 Å². The zero-order valence-corrected chi connectivity index (χ0v) is 26.2. The number of unbranched alkanes of at least 4 members (excludes halogenated alkanes) is 12. The maximum atomic E-state index is 12.5. The van der Waals surface area contributed by atoms with E-state index in [-0.39, 0.29) is 25.8 Å². The van der Waals surface area contributed by atoms with E-state index in [2.05, 4.69) is 19.1 Å². The summed E-state index contributed by atoms with van der Waals surface area (Å²) < 4.78 is -0.434. The average molecular weight is 568 g/mol. The second-order valence-electron chi connectivity index (χ2n) is 11.6. The molecule has 234 valence electrons. The fraction of sp³-hybridized carbons (Fsp3) is 0.848. The monoisotopic (exact) mass is 567 g/mol. The van der Waals surface area contributed by atoms with Crippen LogP contribution >= 0.6 is 0 Å². The summed E-state index contributed by atoms with van der Waals surface area (Å²) in [7, 11) is 0. The molecule has 40 heavy (non-hydrogen) atoms. The first-order valence-corrected chi connectivity index (χ1v) is 16.4. The van der Waals surface area contributed by atoms with Crippen LogP contribution in [-0.2, 0) is 14.4 Å². The molecule has 0 amide bonds. The molecule has 0 aliphatic carbocycles. The molecule has 0 bridgehead atoms. The van der Waals surface area contributed by atoms with Crippen molar-refractivity contribution in [3.8, 4) is 0 Å². The van der Waals surface area contributed by atoms with Gasteiger partial charge in [-0.15, -0.1) is 0 Å². The maximum Gasteiger partial charge on any atom is 0.362 e. The Balaban J connectivity index is 5.10. The molecule has 0 aromatic rings. The summed E-state index contributed by atoms with van der Waals surface area (Å²) in [5.74, 6) is -3.56. The predicted octanol–water partition coefficient (Wildman–Crippen LogP) is 7.27. The van der Waals surface area contributed by atoms with Crippen LogP contribution in [0.1, 0.15) is 156 Å². The molecule has 0 saturated carbocycles. The van der Waals surface area contributed by atoms with Gasteiger partial charge in [-0.05, 0) is 44.9 Å². The quantitative estimate of drug-likeness (QED) is 0.0584. The summed E-state index contributed by atoms with van der Waals surface area (Å²) in [6.07, 6.45) is 22.8.